The first-order valence-electron chi connectivity index (χ1n) is 13.9. The van der Waals surface area contributed by atoms with Crippen molar-refractivity contribution >= 4 is 14.3 Å². The maximum atomic E-state index is 13.6. The summed E-state index contributed by atoms with van der Waals surface area (Å²) in [4.78, 5) is 39.3. The summed E-state index contributed by atoms with van der Waals surface area (Å²) < 4.78 is 32.5. The van der Waals surface area contributed by atoms with Gasteiger partial charge in [-0.1, -0.05) is 69.3 Å². The zero-order valence-electron chi connectivity index (χ0n) is 25.0. The van der Waals surface area contributed by atoms with Gasteiger partial charge in [-0.3, -0.25) is 9.36 Å². The molecule has 1 aliphatic heterocycles. The maximum absolute atomic E-state index is 13.6. The van der Waals surface area contributed by atoms with Crippen LogP contribution < -0.4 is 11.2 Å². The van der Waals surface area contributed by atoms with Crippen molar-refractivity contribution in [3.63, 3.8) is 0 Å². The van der Waals surface area contributed by atoms with Crippen LogP contribution in [0.2, 0.25) is 18.1 Å². The smallest absolute Gasteiger partial charge is 0.338 e. The number of hydrogen-bond acceptors (Lipinski definition) is 8. The average Bonchev–Trinajstić information content (AvgIpc) is 3.30. The second kappa shape index (κ2) is 13.3. The lowest BCUT2D eigenvalue weighted by molar-refractivity contribution is -0.0630. The summed E-state index contributed by atoms with van der Waals surface area (Å²) in [5.41, 5.74) is 0.136. The third kappa shape index (κ3) is 7.16. The molecular formula is C31H40N2O8Si. The highest BCUT2D eigenvalue weighted by Crippen LogP contribution is 2.39. The highest BCUT2D eigenvalue weighted by Gasteiger charge is 2.50. The van der Waals surface area contributed by atoms with Gasteiger partial charge in [0.05, 0.1) is 18.8 Å². The zero-order chi connectivity index (χ0) is 30.5. The summed E-state index contributed by atoms with van der Waals surface area (Å²) in [6.45, 7) is 10.7. The van der Waals surface area contributed by atoms with E-state index < -0.39 is 50.1 Å². The van der Waals surface area contributed by atoms with Gasteiger partial charge in [0.25, 0.3) is 5.56 Å². The number of methoxy groups -OCH3 is 1. The monoisotopic (exact) mass is 596 g/mol. The molecule has 42 heavy (non-hydrogen) atoms. The maximum Gasteiger partial charge on any atom is 0.338 e. The molecule has 1 aromatic heterocycles. The van der Waals surface area contributed by atoms with E-state index in [1.807, 2.05) is 36.4 Å². The molecule has 0 N–H and O–H groups in total. The van der Waals surface area contributed by atoms with Gasteiger partial charge >= 0.3 is 11.7 Å². The van der Waals surface area contributed by atoms with Crippen LogP contribution in [0.5, 0.6) is 0 Å². The summed E-state index contributed by atoms with van der Waals surface area (Å²) in [6.07, 6.45) is -2.12. The fourth-order valence-corrected chi connectivity index (χ4v) is 5.42. The minimum atomic E-state index is -2.20. The Hall–Kier alpha value is -3.35. The first-order valence-corrected chi connectivity index (χ1v) is 16.9. The molecule has 4 rings (SSSR count). The summed E-state index contributed by atoms with van der Waals surface area (Å²) in [7, 11) is -0.738. The zero-order valence-corrected chi connectivity index (χ0v) is 26.0. The Kier molecular flexibility index (Phi) is 10.0. The molecule has 1 aliphatic rings. The van der Waals surface area contributed by atoms with Gasteiger partial charge in [0, 0.05) is 19.4 Å². The third-order valence-electron chi connectivity index (χ3n) is 7.93. The predicted octanol–water partition coefficient (Wildman–Crippen LogP) is 4.34. The van der Waals surface area contributed by atoms with Crippen molar-refractivity contribution in [2.75, 3.05) is 13.7 Å². The van der Waals surface area contributed by atoms with E-state index in [0.717, 1.165) is 10.1 Å². The average molecular weight is 597 g/mol. The lowest BCUT2D eigenvalue weighted by Gasteiger charge is -2.37. The van der Waals surface area contributed by atoms with Crippen molar-refractivity contribution < 1.29 is 28.2 Å². The van der Waals surface area contributed by atoms with Crippen LogP contribution in [0, 0.1) is 0 Å². The molecule has 0 unspecified atom stereocenters. The number of esters is 1. The molecule has 1 fully saturated rings. The number of hydrogen-bond donors (Lipinski definition) is 0. The highest BCUT2D eigenvalue weighted by molar-refractivity contribution is 6.74. The molecule has 10 nitrogen and oxygen atoms in total. The Morgan fingerprint density at radius 1 is 0.952 bits per heavy atom. The van der Waals surface area contributed by atoms with E-state index in [-0.39, 0.29) is 25.0 Å². The number of rotatable bonds is 11. The van der Waals surface area contributed by atoms with Crippen molar-refractivity contribution in [1.82, 2.24) is 9.13 Å². The van der Waals surface area contributed by atoms with E-state index in [4.69, 9.17) is 23.4 Å². The number of aromatic nitrogens is 2. The molecule has 1 saturated heterocycles. The molecule has 2 heterocycles. The van der Waals surface area contributed by atoms with Gasteiger partial charge in [-0.25, -0.2) is 14.2 Å². The molecule has 0 radical (unpaired) electrons. The van der Waals surface area contributed by atoms with Crippen LogP contribution >= 0.6 is 0 Å². The topological polar surface area (TPSA) is 107 Å². The third-order valence-corrected chi connectivity index (χ3v) is 12.4. The second-order valence-corrected chi connectivity index (χ2v) is 16.6. The number of carbonyl (C=O) groups is 1. The van der Waals surface area contributed by atoms with Crippen molar-refractivity contribution in [1.29, 1.82) is 0 Å². The van der Waals surface area contributed by atoms with Gasteiger partial charge in [-0.05, 0) is 35.8 Å². The van der Waals surface area contributed by atoms with Crippen LogP contribution in [0.1, 0.15) is 42.9 Å². The van der Waals surface area contributed by atoms with E-state index >= 15 is 0 Å². The van der Waals surface area contributed by atoms with E-state index in [2.05, 4.69) is 33.9 Å². The molecule has 226 valence electrons. The molecule has 0 saturated carbocycles. The standard InChI is InChI=1S/C31H40N2O8Si/c1-31(2,3)42(5,6)39-20-24-26(41-29(35)23-15-11-8-12-16-23)27(37-4)28(40-24)32-18-17-25(34)33(30(32)36)21-38-19-22-13-9-7-10-14-22/h7-18,24,26-28H,19-21H2,1-6H3/t24-,26-,27-,28-/m1/s1. The first-order chi connectivity index (χ1) is 19.9. The van der Waals surface area contributed by atoms with Crippen LogP contribution in [0.25, 0.3) is 0 Å². The Morgan fingerprint density at radius 2 is 1.60 bits per heavy atom. The Morgan fingerprint density at radius 3 is 2.21 bits per heavy atom. The number of carbonyl (C=O) groups excluding carboxylic acids is 1. The summed E-state index contributed by atoms with van der Waals surface area (Å²) in [6, 6.07) is 19.4. The number of benzene rings is 2. The fraction of sp³-hybridized carbons (Fsp3) is 0.452. The molecule has 3 aromatic rings. The number of nitrogens with zero attached hydrogens (tertiary/aromatic N) is 2. The van der Waals surface area contributed by atoms with E-state index in [1.54, 1.807) is 24.3 Å². The van der Waals surface area contributed by atoms with Gasteiger partial charge in [-0.15, -0.1) is 0 Å². The SMILES string of the molecule is CO[C@@H]1[C@H](OC(=O)c2ccccc2)[C@@H](CO[Si](C)(C)C(C)(C)C)O[C@H]1n1ccc(=O)n(COCc2ccccc2)c1=O. The molecule has 0 amide bonds. The van der Waals surface area contributed by atoms with Crippen LogP contribution in [0.4, 0.5) is 0 Å². The highest BCUT2D eigenvalue weighted by atomic mass is 28.4. The molecule has 0 spiro atoms. The summed E-state index contributed by atoms with van der Waals surface area (Å²) in [5, 5.41) is -0.0614. The fourth-order valence-electron chi connectivity index (χ4n) is 4.41. The Bertz CT molecular complexity index is 1450. The van der Waals surface area contributed by atoms with Crippen molar-refractivity contribution in [3.05, 3.63) is 105 Å². The molecule has 4 atom stereocenters. The molecular weight excluding hydrogens is 556 g/mol. The second-order valence-electron chi connectivity index (χ2n) is 11.8. The van der Waals surface area contributed by atoms with Gasteiger partial charge in [0.15, 0.2) is 20.6 Å². The molecule has 0 aliphatic carbocycles. The Balaban J connectivity index is 1.61. The Labute approximate surface area is 246 Å². The number of ether oxygens (including phenoxy) is 4. The predicted molar refractivity (Wildman–Crippen MR) is 160 cm³/mol. The molecule has 0 bridgehead atoms. The molecule has 2 aromatic carbocycles. The normalized spacial score (nSPS) is 20.9. The van der Waals surface area contributed by atoms with Crippen LogP contribution in [-0.4, -0.2) is 55.4 Å². The van der Waals surface area contributed by atoms with E-state index in [1.165, 1.54) is 23.9 Å². The minimum Gasteiger partial charge on any atom is -0.453 e. The van der Waals surface area contributed by atoms with Gasteiger partial charge in [-0.2, -0.15) is 0 Å². The lowest BCUT2D eigenvalue weighted by atomic mass is 10.1. The van der Waals surface area contributed by atoms with Gasteiger partial charge in [0.2, 0.25) is 0 Å². The minimum absolute atomic E-state index is 0.0614. The largest absolute Gasteiger partial charge is 0.453 e. The van der Waals surface area contributed by atoms with Crippen molar-refractivity contribution in [2.24, 2.45) is 0 Å². The summed E-state index contributed by atoms with van der Waals surface area (Å²) in [5.74, 6) is -0.546. The van der Waals surface area contributed by atoms with Gasteiger partial charge in [0.1, 0.15) is 18.9 Å². The first kappa shape index (κ1) is 31.6. The quantitative estimate of drug-likeness (QED) is 0.238. The van der Waals surface area contributed by atoms with Crippen molar-refractivity contribution in [2.45, 2.75) is 76.8 Å². The summed E-state index contributed by atoms with van der Waals surface area (Å²) >= 11 is 0. The lowest BCUT2D eigenvalue weighted by Crippen LogP contribution is -2.46. The van der Waals surface area contributed by atoms with Crippen LogP contribution in [0.3, 0.4) is 0 Å². The van der Waals surface area contributed by atoms with Crippen LogP contribution in [0.15, 0.2) is 82.5 Å². The van der Waals surface area contributed by atoms with Crippen molar-refractivity contribution in [3.8, 4) is 0 Å². The molecule has 11 heteroatoms. The van der Waals surface area contributed by atoms with Gasteiger partial charge < -0.3 is 23.4 Å². The van der Waals surface area contributed by atoms with E-state index in [9.17, 15) is 14.4 Å². The van der Waals surface area contributed by atoms with E-state index in [0.29, 0.717) is 5.56 Å². The van der Waals surface area contributed by atoms with Crippen LogP contribution in [-0.2, 0) is 36.7 Å².